The van der Waals surface area contributed by atoms with Gasteiger partial charge < -0.3 is 10.6 Å². The number of hydrogen-bond donors (Lipinski definition) is 4. The van der Waals surface area contributed by atoms with Crippen molar-refractivity contribution in [2.45, 2.75) is 45.3 Å². The van der Waals surface area contributed by atoms with Crippen LogP contribution in [0.1, 0.15) is 36.1 Å². The van der Waals surface area contributed by atoms with E-state index < -0.39 is 0 Å². The van der Waals surface area contributed by atoms with Crippen LogP contribution in [0.25, 0.3) is 0 Å². The zero-order chi connectivity index (χ0) is 15.7. The van der Waals surface area contributed by atoms with Crippen LogP contribution in [0.2, 0.25) is 0 Å². The molecule has 2 heterocycles. The molecular weight excluding hydrogens is 276 g/mol. The average molecular weight is 302 g/mol. The molecule has 4 atom stereocenters. The lowest BCUT2D eigenvalue weighted by atomic mass is 9.89. The van der Waals surface area contributed by atoms with Crippen LogP contribution in [-0.2, 0) is 4.79 Å². The Bertz CT molecular complexity index is 539. The summed E-state index contributed by atoms with van der Waals surface area (Å²) in [6, 6.07) is 6.69. The van der Waals surface area contributed by atoms with E-state index in [-0.39, 0.29) is 18.0 Å². The zero-order valence-corrected chi connectivity index (χ0v) is 13.6. The van der Waals surface area contributed by atoms with Crippen molar-refractivity contribution in [3.63, 3.8) is 0 Å². The molecule has 22 heavy (non-hydrogen) atoms. The minimum atomic E-state index is -0.161. The third-order valence-electron chi connectivity index (χ3n) is 4.77. The molecule has 1 aromatic carbocycles. The van der Waals surface area contributed by atoms with Gasteiger partial charge in [0.1, 0.15) is 6.04 Å². The fourth-order valence-electron chi connectivity index (χ4n) is 3.62. The Morgan fingerprint density at radius 2 is 1.95 bits per heavy atom. The van der Waals surface area contributed by atoms with Crippen LogP contribution in [0.3, 0.4) is 0 Å². The van der Waals surface area contributed by atoms with Gasteiger partial charge in [0, 0.05) is 18.5 Å². The van der Waals surface area contributed by atoms with E-state index in [1.54, 1.807) is 0 Å². The van der Waals surface area contributed by atoms with Crippen molar-refractivity contribution in [2.24, 2.45) is 5.92 Å². The maximum absolute atomic E-state index is 12.6. The molecule has 0 radical (unpaired) electrons. The van der Waals surface area contributed by atoms with E-state index in [1.165, 1.54) is 11.1 Å². The third-order valence-corrected chi connectivity index (χ3v) is 4.77. The normalized spacial score (nSPS) is 29.0. The van der Waals surface area contributed by atoms with Crippen molar-refractivity contribution in [1.29, 1.82) is 0 Å². The van der Waals surface area contributed by atoms with Crippen molar-refractivity contribution < 1.29 is 4.79 Å². The Morgan fingerprint density at radius 1 is 1.23 bits per heavy atom. The predicted octanol–water partition coefficient (Wildman–Crippen LogP) is 0.935. The number of carbonyl (C=O) groups excluding carboxylic acids is 1. The van der Waals surface area contributed by atoms with Crippen molar-refractivity contribution in [3.05, 3.63) is 34.9 Å². The molecule has 3 rings (SSSR count). The number of fused-ring (bicyclic) bond motifs is 1. The van der Waals surface area contributed by atoms with Gasteiger partial charge in [-0.25, -0.2) is 5.43 Å². The summed E-state index contributed by atoms with van der Waals surface area (Å²) in [7, 11) is 0. The second kappa shape index (κ2) is 6.36. The minimum Gasteiger partial charge on any atom is -0.348 e. The fraction of sp³-hybridized carbons (Fsp3) is 0.588. The molecule has 2 saturated heterocycles. The molecule has 0 bridgehead atoms. The van der Waals surface area contributed by atoms with Crippen molar-refractivity contribution in [2.75, 3.05) is 13.1 Å². The monoisotopic (exact) mass is 302 g/mol. The van der Waals surface area contributed by atoms with E-state index in [0.717, 1.165) is 25.1 Å². The summed E-state index contributed by atoms with van der Waals surface area (Å²) in [5, 5.41) is 6.54. The van der Waals surface area contributed by atoms with Gasteiger partial charge in [0.25, 0.3) is 0 Å². The summed E-state index contributed by atoms with van der Waals surface area (Å²) in [5.74, 6) is 0.399. The summed E-state index contributed by atoms with van der Waals surface area (Å²) in [6.45, 7) is 8.13. The van der Waals surface area contributed by atoms with Crippen LogP contribution in [-0.4, -0.2) is 31.1 Å². The molecule has 0 spiro atoms. The highest BCUT2D eigenvalue weighted by Crippen LogP contribution is 2.22. The van der Waals surface area contributed by atoms with Gasteiger partial charge in [0.15, 0.2) is 0 Å². The van der Waals surface area contributed by atoms with Crippen LogP contribution in [0, 0.1) is 19.8 Å². The largest absolute Gasteiger partial charge is 0.348 e. The van der Waals surface area contributed by atoms with Gasteiger partial charge in [-0.15, -0.1) is 0 Å². The Morgan fingerprint density at radius 3 is 2.68 bits per heavy atom. The molecule has 4 unspecified atom stereocenters. The lowest BCUT2D eigenvalue weighted by Gasteiger charge is -2.28. The summed E-state index contributed by atoms with van der Waals surface area (Å²) in [4.78, 5) is 12.6. The summed E-state index contributed by atoms with van der Waals surface area (Å²) >= 11 is 0. The first kappa shape index (κ1) is 15.5. The summed E-state index contributed by atoms with van der Waals surface area (Å²) in [6.07, 6.45) is 1.06. The van der Waals surface area contributed by atoms with E-state index in [0.29, 0.717) is 12.0 Å². The molecule has 1 aromatic rings. The molecule has 1 amide bonds. The van der Waals surface area contributed by atoms with E-state index in [2.05, 4.69) is 53.5 Å². The molecule has 120 valence electrons. The minimum absolute atomic E-state index is 0.0171. The van der Waals surface area contributed by atoms with Gasteiger partial charge in [-0.1, -0.05) is 29.3 Å². The molecule has 5 nitrogen and oxygen atoms in total. The second-order valence-electron chi connectivity index (χ2n) is 6.68. The van der Waals surface area contributed by atoms with Crippen LogP contribution in [0.5, 0.6) is 0 Å². The highest BCUT2D eigenvalue weighted by Gasteiger charge is 2.41. The third kappa shape index (κ3) is 3.16. The molecule has 2 fully saturated rings. The lowest BCUT2D eigenvalue weighted by molar-refractivity contribution is -0.124. The molecule has 2 aliphatic rings. The van der Waals surface area contributed by atoms with E-state index in [4.69, 9.17) is 0 Å². The first-order valence-corrected chi connectivity index (χ1v) is 8.15. The maximum atomic E-state index is 12.6. The number of benzene rings is 1. The van der Waals surface area contributed by atoms with Gasteiger partial charge in [0.05, 0.1) is 6.04 Å². The quantitative estimate of drug-likeness (QED) is 0.671. The highest BCUT2D eigenvalue weighted by molar-refractivity contribution is 5.83. The smallest absolute Gasteiger partial charge is 0.239 e. The molecule has 0 aromatic heterocycles. The van der Waals surface area contributed by atoms with Crippen LogP contribution in [0.15, 0.2) is 18.2 Å². The first-order valence-electron chi connectivity index (χ1n) is 8.15. The number of rotatable bonds is 3. The Balaban J connectivity index is 1.66. The fourth-order valence-corrected chi connectivity index (χ4v) is 3.62. The van der Waals surface area contributed by atoms with E-state index in [1.807, 2.05) is 6.92 Å². The van der Waals surface area contributed by atoms with Gasteiger partial charge >= 0.3 is 0 Å². The van der Waals surface area contributed by atoms with Crippen molar-refractivity contribution in [1.82, 2.24) is 21.5 Å². The first-order chi connectivity index (χ1) is 10.5. The highest BCUT2D eigenvalue weighted by atomic mass is 16.2. The predicted molar refractivity (Wildman–Crippen MR) is 87.3 cm³/mol. The SMILES string of the molecule is Cc1cc(C)cc(C(C)NC(=O)C2NNC3CCNCC32)c1. The number of piperidine rings is 1. The van der Waals surface area contributed by atoms with Gasteiger partial charge in [-0.05, 0) is 39.3 Å². The Kier molecular flexibility index (Phi) is 4.47. The van der Waals surface area contributed by atoms with Crippen LogP contribution >= 0.6 is 0 Å². The average Bonchev–Trinajstić information content (AvgIpc) is 2.90. The maximum Gasteiger partial charge on any atom is 0.239 e. The standard InChI is InChI=1S/C17H26N4O/c1-10-6-11(2)8-13(7-10)12(3)19-17(22)16-14-9-18-5-4-15(14)20-21-16/h6-8,12,14-16,18,20-21H,4-5,9H2,1-3H3,(H,19,22). The second-order valence-corrected chi connectivity index (χ2v) is 6.68. The Hall–Kier alpha value is -1.43. The number of amides is 1. The van der Waals surface area contributed by atoms with Crippen molar-refractivity contribution >= 4 is 5.91 Å². The Labute approximate surface area is 132 Å². The van der Waals surface area contributed by atoms with Crippen LogP contribution in [0.4, 0.5) is 0 Å². The molecule has 0 saturated carbocycles. The number of aryl methyl sites for hydroxylation is 2. The lowest BCUT2D eigenvalue weighted by Crippen LogP contribution is -2.49. The topological polar surface area (TPSA) is 65.2 Å². The summed E-state index contributed by atoms with van der Waals surface area (Å²) in [5.41, 5.74) is 10.1. The number of carbonyl (C=O) groups is 1. The molecule has 4 N–H and O–H groups in total. The molecule has 0 aliphatic carbocycles. The van der Waals surface area contributed by atoms with E-state index >= 15 is 0 Å². The van der Waals surface area contributed by atoms with Crippen molar-refractivity contribution in [3.8, 4) is 0 Å². The van der Waals surface area contributed by atoms with Gasteiger partial charge in [0.2, 0.25) is 5.91 Å². The van der Waals surface area contributed by atoms with Gasteiger partial charge in [-0.2, -0.15) is 0 Å². The number of hydrazine groups is 1. The number of hydrogen-bond acceptors (Lipinski definition) is 4. The molecular formula is C17H26N4O. The van der Waals surface area contributed by atoms with Crippen LogP contribution < -0.4 is 21.5 Å². The summed E-state index contributed by atoms with van der Waals surface area (Å²) < 4.78 is 0. The molecule has 5 heteroatoms. The number of nitrogens with one attached hydrogen (secondary N) is 4. The molecule has 2 aliphatic heterocycles. The van der Waals surface area contributed by atoms with Gasteiger partial charge in [-0.3, -0.25) is 10.2 Å². The van der Waals surface area contributed by atoms with E-state index in [9.17, 15) is 4.79 Å². The zero-order valence-electron chi connectivity index (χ0n) is 13.6.